The van der Waals surface area contributed by atoms with Crippen LogP contribution in [0.2, 0.25) is 0 Å². The molecule has 0 fully saturated rings. The first-order valence-corrected chi connectivity index (χ1v) is 13.3. The number of aliphatic hydroxyl groups excluding tert-OH is 1. The normalized spacial score (nSPS) is 15.4. The van der Waals surface area contributed by atoms with Crippen molar-refractivity contribution in [2.75, 3.05) is 40.9 Å². The summed E-state index contributed by atoms with van der Waals surface area (Å²) in [5.74, 6) is 0. The molecule has 0 saturated carbocycles. The zero-order chi connectivity index (χ0) is 22.0. The molecule has 0 spiro atoms. The lowest BCUT2D eigenvalue weighted by Gasteiger charge is -2.26. The van der Waals surface area contributed by atoms with Gasteiger partial charge in [0.25, 0.3) is 0 Å². The number of nitrogens with zero attached hydrogens (tertiary/aromatic N) is 1. The van der Waals surface area contributed by atoms with Gasteiger partial charge in [-0.15, -0.1) is 0 Å². The first-order valence-electron chi connectivity index (χ1n) is 11.8. The number of quaternary nitrogens is 1. The molecule has 0 radical (unpaired) electrons. The van der Waals surface area contributed by atoms with Crippen molar-refractivity contribution in [1.82, 2.24) is 0 Å². The highest BCUT2D eigenvalue weighted by Gasteiger charge is 2.24. The highest BCUT2D eigenvalue weighted by Crippen LogP contribution is 2.43. The highest BCUT2D eigenvalue weighted by molar-refractivity contribution is 7.47. The van der Waals surface area contributed by atoms with E-state index in [2.05, 4.69) is 6.92 Å². The lowest BCUT2D eigenvalue weighted by atomic mass is 10.0. The lowest BCUT2D eigenvalue weighted by Crippen LogP contribution is -2.42. The van der Waals surface area contributed by atoms with E-state index in [4.69, 9.17) is 9.05 Å². The summed E-state index contributed by atoms with van der Waals surface area (Å²) in [6.45, 7) is 2.73. The number of likely N-dealkylation sites (N-methyl/N-ethyl adjacent to an activating group) is 1. The molecular formula is C22H49NO5P+. The van der Waals surface area contributed by atoms with Crippen molar-refractivity contribution in [3.8, 4) is 0 Å². The summed E-state index contributed by atoms with van der Waals surface area (Å²) >= 11 is 0. The van der Waals surface area contributed by atoms with E-state index in [1.54, 1.807) is 0 Å². The topological polar surface area (TPSA) is 76.0 Å². The molecule has 2 unspecified atom stereocenters. The minimum Gasteiger partial charge on any atom is -0.385 e. The van der Waals surface area contributed by atoms with Gasteiger partial charge in [0.2, 0.25) is 0 Å². The minimum absolute atomic E-state index is 0.192. The Balaban J connectivity index is 3.43. The van der Waals surface area contributed by atoms with Gasteiger partial charge in [-0.25, -0.2) is 4.57 Å². The van der Waals surface area contributed by atoms with Gasteiger partial charge in [0.15, 0.2) is 0 Å². The van der Waals surface area contributed by atoms with E-state index >= 15 is 0 Å². The predicted molar refractivity (Wildman–Crippen MR) is 121 cm³/mol. The molecule has 2 N–H and O–H groups in total. The van der Waals surface area contributed by atoms with Crippen molar-refractivity contribution in [2.24, 2.45) is 0 Å². The Labute approximate surface area is 180 Å². The highest BCUT2D eigenvalue weighted by atomic mass is 31.2. The molecule has 0 saturated heterocycles. The van der Waals surface area contributed by atoms with Gasteiger partial charge in [-0.1, -0.05) is 90.4 Å². The average molecular weight is 439 g/mol. The molecule has 6 nitrogen and oxygen atoms in total. The standard InChI is InChI=1S/C22H48NO5P/c1-5-6-7-8-9-10-11-12-13-14-15-16-17-18-19-27-29(25,26)28-21-22(24)20-23(2,3)4/h22,24H,5-21H2,1-4H3/p+1. The van der Waals surface area contributed by atoms with Crippen LogP contribution < -0.4 is 0 Å². The Hall–Kier alpha value is 0.0300. The van der Waals surface area contributed by atoms with E-state index in [1.165, 1.54) is 70.6 Å². The summed E-state index contributed by atoms with van der Waals surface area (Å²) in [4.78, 5) is 9.66. The molecule has 29 heavy (non-hydrogen) atoms. The number of hydrogen-bond acceptors (Lipinski definition) is 4. The number of rotatable bonds is 21. The third-order valence-corrected chi connectivity index (χ3v) is 5.93. The Morgan fingerprint density at radius 2 is 1.17 bits per heavy atom. The molecule has 0 aromatic rings. The van der Waals surface area contributed by atoms with Crippen LogP contribution >= 0.6 is 7.82 Å². The third-order valence-electron chi connectivity index (χ3n) is 4.94. The minimum atomic E-state index is -4.07. The van der Waals surface area contributed by atoms with Crippen LogP contribution in [0, 0.1) is 0 Å². The molecule has 0 aliphatic heterocycles. The SMILES string of the molecule is CCCCCCCCCCCCCCCCOP(=O)(O)OCC(O)C[N+](C)(C)C. The van der Waals surface area contributed by atoms with E-state index in [-0.39, 0.29) is 13.2 Å². The molecule has 0 heterocycles. The second kappa shape index (κ2) is 17.7. The van der Waals surface area contributed by atoms with E-state index in [9.17, 15) is 14.6 Å². The van der Waals surface area contributed by atoms with Crippen molar-refractivity contribution >= 4 is 7.82 Å². The van der Waals surface area contributed by atoms with Crippen LogP contribution in [-0.2, 0) is 13.6 Å². The number of hydrogen-bond donors (Lipinski definition) is 2. The van der Waals surface area contributed by atoms with E-state index in [1.807, 2.05) is 21.1 Å². The number of phosphoric ester groups is 1. The molecule has 2 atom stereocenters. The first kappa shape index (κ1) is 29.0. The van der Waals surface area contributed by atoms with Gasteiger partial charge in [0, 0.05) is 0 Å². The number of phosphoric acid groups is 1. The van der Waals surface area contributed by atoms with E-state index in [0.717, 1.165) is 19.3 Å². The molecule has 0 rings (SSSR count). The van der Waals surface area contributed by atoms with Crippen LogP contribution in [0.3, 0.4) is 0 Å². The molecule has 0 bridgehead atoms. The van der Waals surface area contributed by atoms with E-state index in [0.29, 0.717) is 11.0 Å². The van der Waals surface area contributed by atoms with Crippen LogP contribution in [-0.4, -0.2) is 61.5 Å². The summed E-state index contributed by atoms with van der Waals surface area (Å²) in [6, 6.07) is 0. The van der Waals surface area contributed by atoms with Crippen molar-refractivity contribution < 1.29 is 28.1 Å². The summed E-state index contributed by atoms with van der Waals surface area (Å²) in [7, 11) is 1.75. The predicted octanol–water partition coefficient (Wildman–Crippen LogP) is 5.67. The zero-order valence-corrected chi connectivity index (χ0v) is 20.5. The number of unbranched alkanes of at least 4 members (excludes halogenated alkanes) is 13. The molecular weight excluding hydrogens is 389 g/mol. The molecule has 0 aliphatic rings. The smallest absolute Gasteiger partial charge is 0.385 e. The van der Waals surface area contributed by atoms with Crippen molar-refractivity contribution in [3.05, 3.63) is 0 Å². The Kier molecular flexibility index (Phi) is 17.7. The van der Waals surface area contributed by atoms with Gasteiger partial charge in [0.05, 0.1) is 34.4 Å². The van der Waals surface area contributed by atoms with Gasteiger partial charge in [-0.2, -0.15) is 0 Å². The number of aliphatic hydroxyl groups is 1. The summed E-state index contributed by atoms with van der Waals surface area (Å²) in [5, 5.41) is 9.82. The maximum atomic E-state index is 11.8. The molecule has 176 valence electrons. The average Bonchev–Trinajstić information content (AvgIpc) is 2.62. The van der Waals surface area contributed by atoms with E-state index < -0.39 is 13.9 Å². The maximum Gasteiger partial charge on any atom is 0.472 e. The zero-order valence-electron chi connectivity index (χ0n) is 19.6. The van der Waals surface area contributed by atoms with Crippen LogP contribution in [0.25, 0.3) is 0 Å². The van der Waals surface area contributed by atoms with Gasteiger partial charge < -0.3 is 14.5 Å². The van der Waals surface area contributed by atoms with Crippen LogP contribution in [0.5, 0.6) is 0 Å². The fraction of sp³-hybridized carbons (Fsp3) is 1.00. The Morgan fingerprint density at radius 3 is 1.59 bits per heavy atom. The second-order valence-electron chi connectivity index (χ2n) is 9.32. The first-order chi connectivity index (χ1) is 13.7. The third kappa shape index (κ3) is 22.5. The Morgan fingerprint density at radius 1 is 0.759 bits per heavy atom. The van der Waals surface area contributed by atoms with Gasteiger partial charge in [-0.05, 0) is 6.42 Å². The van der Waals surface area contributed by atoms with Crippen LogP contribution in [0.15, 0.2) is 0 Å². The molecule has 0 aliphatic carbocycles. The molecule has 0 aromatic heterocycles. The van der Waals surface area contributed by atoms with Gasteiger partial charge in [0.1, 0.15) is 12.6 Å². The van der Waals surface area contributed by atoms with Gasteiger partial charge >= 0.3 is 7.82 Å². The second-order valence-corrected chi connectivity index (χ2v) is 10.8. The fourth-order valence-electron chi connectivity index (χ4n) is 3.38. The quantitative estimate of drug-likeness (QED) is 0.137. The summed E-state index contributed by atoms with van der Waals surface area (Å²) < 4.78 is 22.2. The van der Waals surface area contributed by atoms with Gasteiger partial charge in [-0.3, -0.25) is 9.05 Å². The van der Waals surface area contributed by atoms with Crippen molar-refractivity contribution in [3.63, 3.8) is 0 Å². The molecule has 7 heteroatoms. The largest absolute Gasteiger partial charge is 0.472 e. The lowest BCUT2D eigenvalue weighted by molar-refractivity contribution is -0.873. The molecule has 0 amide bonds. The Bertz CT molecular complexity index is 414. The van der Waals surface area contributed by atoms with Crippen molar-refractivity contribution in [2.45, 2.75) is 103 Å². The monoisotopic (exact) mass is 438 g/mol. The summed E-state index contributed by atoms with van der Waals surface area (Å²) in [6.07, 6.45) is 16.9. The van der Waals surface area contributed by atoms with Crippen LogP contribution in [0.4, 0.5) is 0 Å². The maximum absolute atomic E-state index is 11.8. The summed E-state index contributed by atoms with van der Waals surface area (Å²) in [5.41, 5.74) is 0. The fourth-order valence-corrected chi connectivity index (χ4v) is 4.17. The molecule has 0 aromatic carbocycles. The van der Waals surface area contributed by atoms with Crippen molar-refractivity contribution in [1.29, 1.82) is 0 Å². The van der Waals surface area contributed by atoms with Crippen LogP contribution in [0.1, 0.15) is 96.8 Å².